The Hall–Kier alpha value is -0.940. The molecule has 0 aromatic heterocycles. The minimum Gasteiger partial charge on any atom is -0.465 e. The molecule has 0 heterocycles. The van der Waals surface area contributed by atoms with Crippen molar-refractivity contribution in [1.29, 1.82) is 0 Å². The van der Waals surface area contributed by atoms with E-state index in [1.807, 2.05) is 0 Å². The van der Waals surface area contributed by atoms with E-state index in [1.54, 1.807) is 14.0 Å². The van der Waals surface area contributed by atoms with Gasteiger partial charge in [-0.1, -0.05) is 13.8 Å². The first kappa shape index (κ1) is 17.9. The Morgan fingerprint density at radius 1 is 1.33 bits per heavy atom. The van der Waals surface area contributed by atoms with E-state index in [0.717, 1.165) is 19.3 Å². The Morgan fingerprint density at radius 2 is 2.04 bits per heavy atom. The second kappa shape index (κ2) is 5.80. The first-order valence-electron chi connectivity index (χ1n) is 9.09. The monoisotopic (exact) mass is 338 g/mol. The molecular formula is C19H30O5. The minimum absolute atomic E-state index is 0.0243. The van der Waals surface area contributed by atoms with Crippen molar-refractivity contribution in [2.24, 2.45) is 28.6 Å². The molecule has 5 heteroatoms. The van der Waals surface area contributed by atoms with E-state index in [-0.39, 0.29) is 46.8 Å². The molecule has 24 heavy (non-hydrogen) atoms. The maximum Gasteiger partial charge on any atom is 0.316 e. The third-order valence-corrected chi connectivity index (χ3v) is 7.47. The van der Waals surface area contributed by atoms with Crippen LogP contribution in [0.3, 0.4) is 0 Å². The second-order valence-corrected chi connectivity index (χ2v) is 8.37. The Bertz CT molecular complexity index is 546. The zero-order valence-corrected chi connectivity index (χ0v) is 15.5. The smallest absolute Gasteiger partial charge is 0.316 e. The number of ketones is 1. The van der Waals surface area contributed by atoms with Crippen LogP contribution in [0.25, 0.3) is 0 Å². The largest absolute Gasteiger partial charge is 0.465 e. The summed E-state index contributed by atoms with van der Waals surface area (Å²) in [7, 11) is 1.63. The van der Waals surface area contributed by atoms with Gasteiger partial charge in [-0.3, -0.25) is 9.59 Å². The van der Waals surface area contributed by atoms with Crippen LogP contribution in [0.2, 0.25) is 0 Å². The second-order valence-electron chi connectivity index (χ2n) is 8.37. The first-order valence-corrected chi connectivity index (χ1v) is 9.09. The summed E-state index contributed by atoms with van der Waals surface area (Å²) in [5.74, 6) is -0.685. The molecular weight excluding hydrogens is 308 g/mol. The Kier molecular flexibility index (Phi) is 4.32. The average molecular weight is 338 g/mol. The van der Waals surface area contributed by atoms with Crippen LogP contribution in [-0.2, 0) is 23.8 Å². The number of hydrogen-bond acceptors (Lipinski definition) is 5. The Balaban J connectivity index is 1.95. The minimum atomic E-state index is -0.596. The van der Waals surface area contributed by atoms with Crippen molar-refractivity contribution in [3.63, 3.8) is 0 Å². The molecule has 5 nitrogen and oxygen atoms in total. The zero-order chi connectivity index (χ0) is 17.8. The molecule has 136 valence electrons. The maximum atomic E-state index is 13.0. The van der Waals surface area contributed by atoms with Crippen LogP contribution in [0.4, 0.5) is 0 Å². The normalized spacial score (nSPS) is 46.9. The highest BCUT2D eigenvalue weighted by Crippen LogP contribution is 2.75. The SMILES string of the molecule is CCOC(=O)C1C[C@@]23[C@@H](C)[C@@](C)(OCOC)C[C@]2(C)CC[C@H]3C1=O. The van der Waals surface area contributed by atoms with Gasteiger partial charge in [-0.25, -0.2) is 0 Å². The van der Waals surface area contributed by atoms with Crippen molar-refractivity contribution in [2.45, 2.75) is 59.0 Å². The summed E-state index contributed by atoms with van der Waals surface area (Å²) in [5.41, 5.74) is -0.465. The fourth-order valence-electron chi connectivity index (χ4n) is 6.38. The standard InChI is InChI=1S/C19H30O5/c1-6-23-16(21)13-9-19-12(2)18(4,24-11-22-5)10-17(19,3)8-7-14(19)15(13)20/h12-14H,6-11H2,1-5H3/t12-,13?,14-,17-,18-,19-/m0/s1. The van der Waals surface area contributed by atoms with Gasteiger partial charge in [0, 0.05) is 13.0 Å². The van der Waals surface area contributed by atoms with Crippen LogP contribution in [0.1, 0.15) is 53.4 Å². The van der Waals surface area contributed by atoms with Gasteiger partial charge in [-0.05, 0) is 56.3 Å². The number of esters is 1. The number of rotatable bonds is 5. The predicted octanol–water partition coefficient (Wildman–Crippen LogP) is 2.96. The summed E-state index contributed by atoms with van der Waals surface area (Å²) in [6, 6.07) is 0. The van der Waals surface area contributed by atoms with Crippen LogP contribution >= 0.6 is 0 Å². The topological polar surface area (TPSA) is 61.8 Å². The summed E-state index contributed by atoms with van der Waals surface area (Å²) in [5, 5.41) is 0. The average Bonchev–Trinajstić information content (AvgIpc) is 3.04. The summed E-state index contributed by atoms with van der Waals surface area (Å²) in [4.78, 5) is 25.3. The van der Waals surface area contributed by atoms with Crippen molar-refractivity contribution in [3.05, 3.63) is 0 Å². The van der Waals surface area contributed by atoms with Gasteiger partial charge < -0.3 is 14.2 Å². The van der Waals surface area contributed by atoms with Gasteiger partial charge in [0.1, 0.15) is 12.7 Å². The molecule has 1 unspecified atom stereocenters. The first-order chi connectivity index (χ1) is 11.3. The number of carbonyl (C=O) groups excluding carboxylic acids is 2. The fraction of sp³-hybridized carbons (Fsp3) is 0.895. The molecule has 3 saturated carbocycles. The highest BCUT2D eigenvalue weighted by molar-refractivity contribution is 6.03. The zero-order valence-electron chi connectivity index (χ0n) is 15.5. The molecule has 1 spiro atoms. The van der Waals surface area contributed by atoms with Crippen LogP contribution in [0, 0.1) is 28.6 Å². The highest BCUT2D eigenvalue weighted by Gasteiger charge is 2.75. The van der Waals surface area contributed by atoms with Crippen LogP contribution in [0.5, 0.6) is 0 Å². The highest BCUT2D eigenvalue weighted by atomic mass is 16.7. The molecule has 3 fully saturated rings. The molecule has 0 aromatic carbocycles. The third-order valence-electron chi connectivity index (χ3n) is 7.47. The molecule has 0 aromatic rings. The van der Waals surface area contributed by atoms with Crippen molar-refractivity contribution < 1.29 is 23.8 Å². The van der Waals surface area contributed by atoms with E-state index < -0.39 is 5.92 Å². The van der Waals surface area contributed by atoms with E-state index in [4.69, 9.17) is 14.2 Å². The lowest BCUT2D eigenvalue weighted by Gasteiger charge is -2.42. The molecule has 0 radical (unpaired) electrons. The lowest BCUT2D eigenvalue weighted by Crippen LogP contribution is -2.42. The van der Waals surface area contributed by atoms with Crippen molar-refractivity contribution in [2.75, 3.05) is 20.5 Å². The van der Waals surface area contributed by atoms with Crippen LogP contribution in [-0.4, -0.2) is 37.9 Å². The molecule has 3 aliphatic carbocycles. The molecule has 3 aliphatic rings. The van der Waals surface area contributed by atoms with Crippen molar-refractivity contribution in [1.82, 2.24) is 0 Å². The van der Waals surface area contributed by atoms with E-state index in [9.17, 15) is 9.59 Å². The molecule has 3 rings (SSSR count). The van der Waals surface area contributed by atoms with E-state index >= 15 is 0 Å². The fourth-order valence-corrected chi connectivity index (χ4v) is 6.38. The molecule has 6 atom stereocenters. The molecule has 0 N–H and O–H groups in total. The summed E-state index contributed by atoms with van der Waals surface area (Å²) < 4.78 is 16.4. The Morgan fingerprint density at radius 3 is 2.67 bits per heavy atom. The van der Waals surface area contributed by atoms with Gasteiger partial charge in [0.15, 0.2) is 5.78 Å². The summed E-state index contributed by atoms with van der Waals surface area (Å²) in [6.07, 6.45) is 3.42. The van der Waals surface area contributed by atoms with Gasteiger partial charge in [-0.15, -0.1) is 0 Å². The van der Waals surface area contributed by atoms with Gasteiger partial charge in [-0.2, -0.15) is 0 Å². The van der Waals surface area contributed by atoms with Crippen LogP contribution < -0.4 is 0 Å². The van der Waals surface area contributed by atoms with E-state index in [0.29, 0.717) is 13.0 Å². The lowest BCUT2D eigenvalue weighted by molar-refractivity contribution is -0.151. The van der Waals surface area contributed by atoms with Gasteiger partial charge in [0.2, 0.25) is 0 Å². The maximum absolute atomic E-state index is 13.0. The molecule has 0 saturated heterocycles. The van der Waals surface area contributed by atoms with Gasteiger partial charge in [0.05, 0.1) is 12.2 Å². The van der Waals surface area contributed by atoms with Crippen molar-refractivity contribution >= 4 is 11.8 Å². The molecule has 0 amide bonds. The Labute approximate surface area is 144 Å². The number of Topliss-reactive ketones (excluding diaryl/α,β-unsaturated/α-hetero) is 1. The lowest BCUT2D eigenvalue weighted by atomic mass is 9.62. The van der Waals surface area contributed by atoms with E-state index in [2.05, 4.69) is 20.8 Å². The molecule has 0 bridgehead atoms. The van der Waals surface area contributed by atoms with Crippen molar-refractivity contribution in [3.8, 4) is 0 Å². The van der Waals surface area contributed by atoms with E-state index in [1.165, 1.54) is 0 Å². The van der Waals surface area contributed by atoms with Gasteiger partial charge in [0.25, 0.3) is 0 Å². The third kappa shape index (κ3) is 2.13. The van der Waals surface area contributed by atoms with Crippen LogP contribution in [0.15, 0.2) is 0 Å². The number of methoxy groups -OCH3 is 1. The summed E-state index contributed by atoms with van der Waals surface area (Å²) >= 11 is 0. The summed E-state index contributed by atoms with van der Waals surface area (Å²) in [6.45, 7) is 8.98. The van der Waals surface area contributed by atoms with Gasteiger partial charge >= 0.3 is 5.97 Å². The quantitative estimate of drug-likeness (QED) is 0.438. The number of hydrogen-bond donors (Lipinski definition) is 0. The predicted molar refractivity (Wildman–Crippen MR) is 88.2 cm³/mol. The number of ether oxygens (including phenoxy) is 3. The molecule has 0 aliphatic heterocycles. The number of carbonyl (C=O) groups is 2.